The fourth-order valence-electron chi connectivity index (χ4n) is 6.96. The van der Waals surface area contributed by atoms with Crippen molar-refractivity contribution in [2.75, 3.05) is 19.8 Å². The molecule has 0 aromatic heterocycles. The maximum absolute atomic E-state index is 13.5. The molecule has 27 heteroatoms. The van der Waals surface area contributed by atoms with Gasteiger partial charge in [-0.25, -0.2) is 4.79 Å². The molecular formula is C37H60N8O19. The van der Waals surface area contributed by atoms with Crippen LogP contribution in [0.15, 0.2) is 0 Å². The molecule has 3 aliphatic heterocycles. The van der Waals surface area contributed by atoms with Crippen molar-refractivity contribution in [3.05, 3.63) is 0 Å². The van der Waals surface area contributed by atoms with Crippen molar-refractivity contribution in [1.29, 1.82) is 0 Å². The molecule has 2 bridgehead atoms. The lowest BCUT2D eigenvalue weighted by Gasteiger charge is -2.47. The largest absolute Gasteiger partial charge is 0.480 e. The Balaban J connectivity index is 1.60. The Morgan fingerprint density at radius 1 is 0.781 bits per heavy atom. The zero-order chi connectivity index (χ0) is 48.0. The number of nitrogens with one attached hydrogen (secondary N) is 6. The maximum Gasteiger partial charge on any atom is 0.326 e. The molecule has 15 N–H and O–H groups in total. The fraction of sp³-hybridized carbons (Fsp3) is 0.757. The van der Waals surface area contributed by atoms with Gasteiger partial charge in [-0.2, -0.15) is 0 Å². The number of fused-ring (bicyclic) bond motifs is 2. The number of carbonyl (C=O) groups excluding carboxylic acids is 7. The number of unbranched alkanes of at least 4 members (excludes halogenated alkanes) is 1. The minimum absolute atomic E-state index is 0.0415. The van der Waals surface area contributed by atoms with Gasteiger partial charge in [-0.05, 0) is 39.5 Å². The number of carboxylic acids is 2. The Labute approximate surface area is 366 Å². The number of primary amides is 1. The minimum atomic E-state index is -1.67. The summed E-state index contributed by atoms with van der Waals surface area (Å²) < 4.78 is 29.7. The topological polar surface area (TPSA) is 425 Å². The first-order valence-corrected chi connectivity index (χ1v) is 20.5. The quantitative estimate of drug-likeness (QED) is 0.0379. The van der Waals surface area contributed by atoms with Crippen molar-refractivity contribution >= 4 is 53.3 Å². The molecule has 27 nitrogen and oxygen atoms in total. The van der Waals surface area contributed by atoms with Gasteiger partial charge in [0.1, 0.15) is 79.0 Å². The van der Waals surface area contributed by atoms with E-state index in [1.165, 1.54) is 20.8 Å². The highest BCUT2D eigenvalue weighted by Gasteiger charge is 2.56. The standard InChI is InChI=1S/C37H60N8O19/c1-14(32(54)45-19(31(39)53)8-9-23(49)44-20(35(58)59)7-5-6-10-40-24(50)11-18(38)34(56)57)41-33(55)15(2)61-30-26(43-17(4)48)36-60-13-22(63-36)29(30)64-37-25(42-16(3)47)28(52)27(51)21(12-46)62-37/h14-15,18-22,25-30,36-37,46,51-52H,5-13,38H2,1-4H3,(H2,39,53)(H,40,50)(H,41,55)(H,42,47)(H,43,48)(H,44,49)(H,45,54)(H,56,57)(H,58,59). The van der Waals surface area contributed by atoms with Gasteiger partial charge in [0, 0.05) is 26.8 Å². The van der Waals surface area contributed by atoms with Crippen LogP contribution in [0.3, 0.4) is 0 Å². The first kappa shape index (κ1) is 53.2. The summed E-state index contributed by atoms with van der Waals surface area (Å²) in [4.78, 5) is 110. The summed E-state index contributed by atoms with van der Waals surface area (Å²) in [5, 5.41) is 64.1. The second kappa shape index (κ2) is 24.8. The van der Waals surface area contributed by atoms with Crippen molar-refractivity contribution in [2.24, 2.45) is 11.5 Å². The van der Waals surface area contributed by atoms with Gasteiger partial charge in [-0.3, -0.25) is 38.4 Å². The van der Waals surface area contributed by atoms with Gasteiger partial charge in [-0.1, -0.05) is 0 Å². The van der Waals surface area contributed by atoms with Gasteiger partial charge < -0.3 is 92.6 Å². The highest BCUT2D eigenvalue weighted by molar-refractivity contribution is 5.92. The van der Waals surface area contributed by atoms with Crippen molar-refractivity contribution < 1.29 is 92.4 Å². The molecule has 0 aliphatic carbocycles. The molecule has 3 aliphatic rings. The predicted molar refractivity (Wildman–Crippen MR) is 211 cm³/mol. The van der Waals surface area contributed by atoms with E-state index in [2.05, 4.69) is 31.9 Å². The molecule has 15 unspecified atom stereocenters. The molecule has 3 heterocycles. The van der Waals surface area contributed by atoms with Crippen LogP contribution >= 0.6 is 0 Å². The second-order valence-corrected chi connectivity index (χ2v) is 15.6. The first-order chi connectivity index (χ1) is 30.0. The monoisotopic (exact) mass is 920 g/mol. The number of amides is 7. The van der Waals surface area contributed by atoms with E-state index in [0.717, 1.165) is 6.92 Å². The van der Waals surface area contributed by atoms with E-state index in [4.69, 9.17) is 40.3 Å². The van der Waals surface area contributed by atoms with E-state index < -0.39 is 164 Å². The lowest BCUT2D eigenvalue weighted by atomic mass is 9.95. The van der Waals surface area contributed by atoms with Crippen molar-refractivity contribution in [1.82, 2.24) is 31.9 Å². The Bertz CT molecular complexity index is 1690. The van der Waals surface area contributed by atoms with Gasteiger partial charge >= 0.3 is 11.9 Å². The Morgan fingerprint density at radius 3 is 2.03 bits per heavy atom. The SMILES string of the molecule is CC(=O)NC1C(OC2C3COC(O3)C(NC(C)=O)C2OC(C)C(=O)NC(C)C(=O)NC(CCC(=O)NC(CCCCNC(=O)CC(N)C(=O)O)C(=O)O)C(N)=O)OC(CO)C(O)C1O. The summed E-state index contributed by atoms with van der Waals surface area (Å²) in [6.45, 7) is 4.18. The molecule has 362 valence electrons. The summed E-state index contributed by atoms with van der Waals surface area (Å²) in [5.74, 6) is -8.08. The van der Waals surface area contributed by atoms with Crippen molar-refractivity contribution in [3.8, 4) is 0 Å². The minimum Gasteiger partial charge on any atom is -0.480 e. The summed E-state index contributed by atoms with van der Waals surface area (Å²) in [6, 6.07) is -7.99. The number of carboxylic acid groups (broad SMARTS) is 2. The van der Waals surface area contributed by atoms with Crippen LogP contribution in [-0.4, -0.2) is 190 Å². The number of ether oxygens (including phenoxy) is 5. The average molecular weight is 921 g/mol. The van der Waals surface area contributed by atoms with E-state index >= 15 is 0 Å². The van der Waals surface area contributed by atoms with Crippen LogP contribution in [0, 0.1) is 0 Å². The molecule has 0 saturated carbocycles. The van der Waals surface area contributed by atoms with Crippen LogP contribution in [0.25, 0.3) is 0 Å². The molecule has 15 atom stereocenters. The zero-order valence-electron chi connectivity index (χ0n) is 35.6. The van der Waals surface area contributed by atoms with Gasteiger partial charge in [0.2, 0.25) is 41.4 Å². The highest BCUT2D eigenvalue weighted by atomic mass is 16.8. The molecule has 0 aromatic rings. The van der Waals surface area contributed by atoms with Gasteiger partial charge in [0.05, 0.1) is 19.6 Å². The molecule has 3 saturated heterocycles. The number of hydrogen-bond acceptors (Lipinski definition) is 18. The molecule has 0 radical (unpaired) electrons. The van der Waals surface area contributed by atoms with E-state index in [0.29, 0.717) is 6.42 Å². The lowest BCUT2D eigenvalue weighted by Crippen LogP contribution is -2.68. The number of aliphatic hydroxyl groups is 3. The summed E-state index contributed by atoms with van der Waals surface area (Å²) in [7, 11) is 0. The van der Waals surface area contributed by atoms with E-state index in [1.807, 2.05) is 0 Å². The van der Waals surface area contributed by atoms with Gasteiger partial charge in [0.25, 0.3) is 0 Å². The highest BCUT2D eigenvalue weighted by Crippen LogP contribution is 2.35. The summed E-state index contributed by atoms with van der Waals surface area (Å²) in [6.07, 6.45) is -12.9. The predicted octanol–water partition coefficient (Wildman–Crippen LogP) is -6.74. The number of aliphatic carboxylic acids is 2. The normalized spacial score (nSPS) is 28.5. The molecule has 64 heavy (non-hydrogen) atoms. The van der Waals surface area contributed by atoms with Crippen molar-refractivity contribution in [3.63, 3.8) is 0 Å². The molecular weight excluding hydrogens is 860 g/mol. The smallest absolute Gasteiger partial charge is 0.326 e. The van der Waals surface area contributed by atoms with Crippen molar-refractivity contribution in [2.45, 2.75) is 158 Å². The number of nitrogens with two attached hydrogens (primary N) is 2. The molecule has 3 rings (SSSR count). The van der Waals surface area contributed by atoms with Gasteiger partial charge in [-0.15, -0.1) is 0 Å². The first-order valence-electron chi connectivity index (χ1n) is 20.5. The molecule has 0 spiro atoms. The lowest BCUT2D eigenvalue weighted by molar-refractivity contribution is -0.313. The Morgan fingerprint density at radius 2 is 1.44 bits per heavy atom. The van der Waals surface area contributed by atoms with Crippen LogP contribution in [0.2, 0.25) is 0 Å². The third kappa shape index (κ3) is 15.5. The van der Waals surface area contributed by atoms with E-state index in [9.17, 15) is 63.6 Å². The Hall–Kier alpha value is -5.13. The van der Waals surface area contributed by atoms with Crippen LogP contribution < -0.4 is 43.4 Å². The van der Waals surface area contributed by atoms with Gasteiger partial charge in [0.15, 0.2) is 12.6 Å². The number of rotatable bonds is 25. The second-order valence-electron chi connectivity index (χ2n) is 15.6. The third-order valence-electron chi connectivity index (χ3n) is 10.4. The van der Waals surface area contributed by atoms with Crippen LogP contribution in [-0.2, 0) is 66.8 Å². The third-order valence-corrected chi connectivity index (χ3v) is 10.4. The zero-order valence-corrected chi connectivity index (χ0v) is 35.6. The summed E-state index contributed by atoms with van der Waals surface area (Å²) in [5.41, 5.74) is 10.8. The molecule has 0 aromatic carbocycles. The number of carbonyl (C=O) groups is 9. The number of hydrogen-bond donors (Lipinski definition) is 13. The molecule has 7 amide bonds. The fourth-order valence-corrected chi connectivity index (χ4v) is 6.96. The van der Waals surface area contributed by atoms with Crippen LogP contribution in [0.1, 0.15) is 66.2 Å². The molecule has 3 fully saturated rings. The van der Waals surface area contributed by atoms with E-state index in [-0.39, 0.29) is 32.4 Å². The van der Waals surface area contributed by atoms with Crippen LogP contribution in [0.4, 0.5) is 0 Å². The maximum atomic E-state index is 13.5. The number of aliphatic hydroxyl groups excluding tert-OH is 3. The van der Waals surface area contributed by atoms with E-state index in [1.54, 1.807) is 0 Å². The Kier molecular flexibility index (Phi) is 20.6. The average Bonchev–Trinajstić information content (AvgIpc) is 3.66. The summed E-state index contributed by atoms with van der Waals surface area (Å²) >= 11 is 0. The van der Waals surface area contributed by atoms with Crippen LogP contribution in [0.5, 0.6) is 0 Å².